The van der Waals surface area contributed by atoms with Gasteiger partial charge in [0, 0.05) is 27.2 Å². The number of hydrogen-bond acceptors (Lipinski definition) is 4. The van der Waals surface area contributed by atoms with E-state index in [0.29, 0.717) is 6.54 Å². The van der Waals surface area contributed by atoms with Gasteiger partial charge in [-0.15, -0.1) is 0 Å². The minimum atomic E-state index is -0.551. The first kappa shape index (κ1) is 17.8. The predicted molar refractivity (Wildman–Crippen MR) is 90.5 cm³/mol. The number of piperidine rings is 1. The Morgan fingerprint density at radius 3 is 2.74 bits per heavy atom. The lowest BCUT2D eigenvalue weighted by Gasteiger charge is -2.34. The van der Waals surface area contributed by atoms with Crippen molar-refractivity contribution in [3.63, 3.8) is 0 Å². The SMILES string of the molecule is Cc1ccc(OCC(O)CN2CCCC(C(=O)N(C)C)C2)cc1. The summed E-state index contributed by atoms with van der Waals surface area (Å²) in [6, 6.07) is 7.80. The van der Waals surface area contributed by atoms with E-state index >= 15 is 0 Å². The summed E-state index contributed by atoms with van der Waals surface area (Å²) in [6.07, 6.45) is 1.38. The normalized spacial score (nSPS) is 20.1. The second kappa shape index (κ2) is 8.31. The van der Waals surface area contributed by atoms with E-state index in [1.807, 2.05) is 31.2 Å². The standard InChI is InChI=1S/C18H28N2O3/c1-14-6-8-17(9-7-14)23-13-16(21)12-20-10-4-5-15(11-20)18(22)19(2)3/h6-9,15-16,21H,4-5,10-13H2,1-3H3. The van der Waals surface area contributed by atoms with Crippen LogP contribution in [0, 0.1) is 12.8 Å². The Kier molecular flexibility index (Phi) is 6.42. The van der Waals surface area contributed by atoms with E-state index in [-0.39, 0.29) is 18.4 Å². The molecule has 0 aliphatic carbocycles. The number of rotatable bonds is 6. The molecular weight excluding hydrogens is 292 g/mol. The molecule has 0 aromatic heterocycles. The van der Waals surface area contributed by atoms with E-state index in [1.54, 1.807) is 19.0 Å². The second-order valence-corrected chi connectivity index (χ2v) is 6.61. The Morgan fingerprint density at radius 1 is 1.39 bits per heavy atom. The summed E-state index contributed by atoms with van der Waals surface area (Å²) in [7, 11) is 3.59. The topological polar surface area (TPSA) is 53.0 Å². The van der Waals surface area contributed by atoms with E-state index in [0.717, 1.165) is 31.7 Å². The van der Waals surface area contributed by atoms with E-state index in [4.69, 9.17) is 4.74 Å². The molecule has 1 aromatic rings. The monoisotopic (exact) mass is 320 g/mol. The third kappa shape index (κ3) is 5.52. The van der Waals surface area contributed by atoms with E-state index in [1.165, 1.54) is 5.56 Å². The summed E-state index contributed by atoms with van der Waals surface area (Å²) >= 11 is 0. The van der Waals surface area contributed by atoms with Crippen LogP contribution in [0.25, 0.3) is 0 Å². The number of aliphatic hydroxyl groups is 1. The lowest BCUT2D eigenvalue weighted by atomic mass is 9.96. The lowest BCUT2D eigenvalue weighted by Crippen LogP contribution is -2.46. The zero-order chi connectivity index (χ0) is 16.8. The van der Waals surface area contributed by atoms with Crippen LogP contribution in [0.4, 0.5) is 0 Å². The highest BCUT2D eigenvalue weighted by molar-refractivity contribution is 5.78. The van der Waals surface area contributed by atoms with Crippen molar-refractivity contribution in [3.8, 4) is 5.75 Å². The molecule has 2 atom stereocenters. The van der Waals surface area contributed by atoms with Crippen LogP contribution in [0.2, 0.25) is 0 Å². The Hall–Kier alpha value is -1.59. The van der Waals surface area contributed by atoms with E-state index in [9.17, 15) is 9.90 Å². The van der Waals surface area contributed by atoms with Crippen LogP contribution in [0.5, 0.6) is 5.75 Å². The molecule has 128 valence electrons. The number of carbonyl (C=O) groups is 1. The molecule has 5 heteroatoms. The Balaban J connectivity index is 1.77. The third-order valence-electron chi connectivity index (χ3n) is 4.23. The van der Waals surface area contributed by atoms with Gasteiger partial charge in [-0.1, -0.05) is 17.7 Å². The van der Waals surface area contributed by atoms with Crippen LogP contribution < -0.4 is 4.74 Å². The van der Waals surface area contributed by atoms with Crippen molar-refractivity contribution in [1.82, 2.24) is 9.80 Å². The van der Waals surface area contributed by atoms with Gasteiger partial charge in [0.2, 0.25) is 5.91 Å². The second-order valence-electron chi connectivity index (χ2n) is 6.61. The van der Waals surface area contributed by atoms with Crippen molar-refractivity contribution < 1.29 is 14.6 Å². The average Bonchev–Trinajstić information content (AvgIpc) is 2.53. The van der Waals surface area contributed by atoms with Crippen molar-refractivity contribution >= 4 is 5.91 Å². The number of likely N-dealkylation sites (tertiary alicyclic amines) is 1. The number of β-amino-alcohol motifs (C(OH)–C–C–N with tert-alkyl or cyclic N) is 1. The number of amides is 1. The molecule has 1 aliphatic rings. The maximum atomic E-state index is 12.1. The summed E-state index contributed by atoms with van der Waals surface area (Å²) in [6.45, 7) is 4.49. The summed E-state index contributed by atoms with van der Waals surface area (Å²) < 4.78 is 5.63. The van der Waals surface area contributed by atoms with Gasteiger partial charge < -0.3 is 14.7 Å². The fourth-order valence-corrected chi connectivity index (χ4v) is 2.97. The van der Waals surface area contributed by atoms with Crippen LogP contribution in [0.1, 0.15) is 18.4 Å². The van der Waals surface area contributed by atoms with Crippen molar-refractivity contribution in [2.45, 2.75) is 25.9 Å². The highest BCUT2D eigenvalue weighted by Gasteiger charge is 2.27. The molecule has 2 rings (SSSR count). The smallest absolute Gasteiger partial charge is 0.226 e. The Bertz CT molecular complexity index is 501. The van der Waals surface area contributed by atoms with Gasteiger partial charge in [0.15, 0.2) is 0 Å². The average molecular weight is 320 g/mol. The van der Waals surface area contributed by atoms with Gasteiger partial charge in [-0.2, -0.15) is 0 Å². The number of nitrogens with zero attached hydrogens (tertiary/aromatic N) is 2. The first-order valence-electron chi connectivity index (χ1n) is 8.26. The molecule has 1 N–H and O–H groups in total. The lowest BCUT2D eigenvalue weighted by molar-refractivity contribution is -0.135. The number of hydrogen-bond donors (Lipinski definition) is 1. The molecule has 2 unspecified atom stereocenters. The molecular formula is C18H28N2O3. The molecule has 1 amide bonds. The number of ether oxygens (including phenoxy) is 1. The summed E-state index contributed by atoms with van der Waals surface area (Å²) in [5.41, 5.74) is 1.18. The molecule has 0 spiro atoms. The third-order valence-corrected chi connectivity index (χ3v) is 4.23. The highest BCUT2D eigenvalue weighted by Crippen LogP contribution is 2.18. The maximum Gasteiger partial charge on any atom is 0.226 e. The van der Waals surface area contributed by atoms with Crippen LogP contribution in [0.3, 0.4) is 0 Å². The zero-order valence-electron chi connectivity index (χ0n) is 14.4. The number of carbonyl (C=O) groups excluding carboxylic acids is 1. The van der Waals surface area contributed by atoms with Crippen LogP contribution in [-0.2, 0) is 4.79 Å². The van der Waals surface area contributed by atoms with Crippen LogP contribution >= 0.6 is 0 Å². The quantitative estimate of drug-likeness (QED) is 0.864. The molecule has 1 aliphatic heterocycles. The van der Waals surface area contributed by atoms with Crippen molar-refractivity contribution in [3.05, 3.63) is 29.8 Å². The zero-order valence-corrected chi connectivity index (χ0v) is 14.4. The number of aliphatic hydroxyl groups excluding tert-OH is 1. The largest absolute Gasteiger partial charge is 0.491 e. The van der Waals surface area contributed by atoms with Gasteiger partial charge in [-0.3, -0.25) is 9.69 Å². The predicted octanol–water partition coefficient (Wildman–Crippen LogP) is 1.53. The number of aryl methyl sites for hydroxylation is 1. The van der Waals surface area contributed by atoms with Gasteiger partial charge in [-0.25, -0.2) is 0 Å². The molecule has 1 heterocycles. The van der Waals surface area contributed by atoms with E-state index < -0.39 is 6.10 Å². The number of benzene rings is 1. The maximum absolute atomic E-state index is 12.1. The molecule has 0 bridgehead atoms. The molecule has 5 nitrogen and oxygen atoms in total. The Morgan fingerprint density at radius 2 is 2.09 bits per heavy atom. The van der Waals surface area contributed by atoms with Gasteiger partial charge in [0.25, 0.3) is 0 Å². The molecule has 0 radical (unpaired) electrons. The Labute approximate surface area is 138 Å². The molecule has 1 aromatic carbocycles. The summed E-state index contributed by atoms with van der Waals surface area (Å²) in [5.74, 6) is 0.998. The minimum absolute atomic E-state index is 0.0453. The fraction of sp³-hybridized carbons (Fsp3) is 0.611. The van der Waals surface area contributed by atoms with Crippen LogP contribution in [0.15, 0.2) is 24.3 Å². The summed E-state index contributed by atoms with van der Waals surface area (Å²) in [4.78, 5) is 15.9. The first-order valence-corrected chi connectivity index (χ1v) is 8.26. The van der Waals surface area contributed by atoms with Gasteiger partial charge in [0.1, 0.15) is 18.5 Å². The summed E-state index contributed by atoms with van der Waals surface area (Å²) in [5, 5.41) is 10.2. The minimum Gasteiger partial charge on any atom is -0.491 e. The molecule has 1 fully saturated rings. The van der Waals surface area contributed by atoms with Crippen molar-refractivity contribution in [2.24, 2.45) is 5.92 Å². The molecule has 0 saturated carbocycles. The van der Waals surface area contributed by atoms with Gasteiger partial charge in [0.05, 0.1) is 5.92 Å². The van der Waals surface area contributed by atoms with Crippen LogP contribution in [-0.4, -0.2) is 67.3 Å². The molecule has 1 saturated heterocycles. The van der Waals surface area contributed by atoms with Gasteiger partial charge in [-0.05, 0) is 38.4 Å². The van der Waals surface area contributed by atoms with Crippen molar-refractivity contribution in [2.75, 3.05) is 40.3 Å². The highest BCUT2D eigenvalue weighted by atomic mass is 16.5. The first-order chi connectivity index (χ1) is 11.0. The van der Waals surface area contributed by atoms with Gasteiger partial charge >= 0.3 is 0 Å². The van der Waals surface area contributed by atoms with Crippen molar-refractivity contribution in [1.29, 1.82) is 0 Å². The molecule has 23 heavy (non-hydrogen) atoms. The fourth-order valence-electron chi connectivity index (χ4n) is 2.97. The van der Waals surface area contributed by atoms with E-state index in [2.05, 4.69) is 4.90 Å².